The van der Waals surface area contributed by atoms with Gasteiger partial charge in [0.05, 0.1) is 72.2 Å². The van der Waals surface area contributed by atoms with Crippen molar-refractivity contribution in [2.45, 2.75) is 185 Å². The average molecular weight is 1280 g/mol. The number of anilines is 1. The molecule has 4 aliphatic rings. The molecule has 30 heteroatoms. The molecule has 1 unspecified atom stereocenters. The molecule has 0 bridgehead atoms. The summed E-state index contributed by atoms with van der Waals surface area (Å²) in [5.41, 5.74) is -1.84. The van der Waals surface area contributed by atoms with Gasteiger partial charge in [0, 0.05) is 45.2 Å². The average Bonchev–Trinajstić information content (AvgIpc) is 1.48. The van der Waals surface area contributed by atoms with Crippen LogP contribution < -0.4 is 39.6 Å². The van der Waals surface area contributed by atoms with Gasteiger partial charge >= 0.3 is 70.2 Å². The Hall–Kier alpha value is -4.33. The van der Waals surface area contributed by atoms with Crippen LogP contribution >= 0.6 is 12.4 Å². The molecular weight excluding hydrogens is 1190 g/mol. The standard InChI is InChI=1S/C32H45FN4O5S.C11H19NO5.C10H17NO5.C2H6O4S.ClH.Na.H/c1-30(2,3)42-29(39)37-20-23(41-7)19-26(37)28(38)35-25-18-22(13-14-24(25)33)32(16-15-21-11-12-21,27-10-8-9-17-34-27)36-43(40)31(4,5)6;1-11(2,3)17-10(16)12-5-7(6-13)4-8(12)9(14)15;1-10(2,3)16-9(15)11-5-6(12)4-7(11)8(13)14;1-5-7(3,4)6-2;;;/h8-10,13-14,17-18,21,23,26,36H,11-12,15-16,19-20H2,1-7H3,(H,35,38);7-8,13H,4-6H2,1-3H3,(H,14,15);6-7,12H,4-5H2,1-3H3,(H,13,14);1-2H3;1H;;/q;;;;;+1;-1/t23-,26-,32?,43+;7-,8-;6-,7-;;;;/m111..../s1. The van der Waals surface area contributed by atoms with Crippen LogP contribution in [0, 0.1) is 17.7 Å². The van der Waals surface area contributed by atoms with E-state index >= 15 is 4.39 Å². The van der Waals surface area contributed by atoms with Crippen molar-refractivity contribution in [3.05, 3.63) is 59.7 Å². The number of carbonyl (C=O) groups is 6. The van der Waals surface area contributed by atoms with Crippen LogP contribution in [0.3, 0.4) is 0 Å². The fourth-order valence-electron chi connectivity index (χ4n) is 8.63. The van der Waals surface area contributed by atoms with Crippen LogP contribution in [0.25, 0.3) is 0 Å². The second-order valence-electron chi connectivity index (χ2n) is 24.4. The molecule has 85 heavy (non-hydrogen) atoms. The van der Waals surface area contributed by atoms with Crippen LogP contribution in [-0.4, -0.2) is 188 Å². The number of hydrogen-bond acceptors (Lipinski definition) is 18. The van der Waals surface area contributed by atoms with E-state index in [2.05, 4.69) is 23.4 Å². The summed E-state index contributed by atoms with van der Waals surface area (Å²) in [4.78, 5) is 80.1. The summed E-state index contributed by atoms with van der Waals surface area (Å²) < 4.78 is 80.5. The quantitative estimate of drug-likeness (QED) is 0.109. The third-order valence-corrected chi connectivity index (χ3v) is 15.4. The molecule has 8 atom stereocenters. The van der Waals surface area contributed by atoms with Crippen molar-refractivity contribution in [3.8, 4) is 0 Å². The molecule has 3 saturated heterocycles. The van der Waals surface area contributed by atoms with Gasteiger partial charge < -0.3 is 46.1 Å². The number of nitrogens with one attached hydrogen (secondary N) is 2. The number of nitrogens with zero attached hydrogens (tertiary/aromatic N) is 4. The number of rotatable bonds is 15. The Morgan fingerprint density at radius 3 is 1.64 bits per heavy atom. The molecule has 25 nitrogen and oxygen atoms in total. The van der Waals surface area contributed by atoms with E-state index < -0.39 is 115 Å². The summed E-state index contributed by atoms with van der Waals surface area (Å²) in [7, 11) is -1.58. The first-order valence-electron chi connectivity index (χ1n) is 27.0. The minimum absolute atomic E-state index is 0. The number of ether oxygens (including phenoxy) is 4. The maximum absolute atomic E-state index is 15.4. The number of aliphatic hydroxyl groups excluding tert-OH is 2. The molecular formula is C55H89ClFN6NaO19S2. The van der Waals surface area contributed by atoms with Gasteiger partial charge in [-0.05, 0) is 138 Å². The number of aliphatic hydroxyl groups is 2. The molecule has 480 valence electrons. The van der Waals surface area contributed by atoms with Gasteiger partial charge in [0.1, 0.15) is 40.7 Å². The SMILES string of the molecule is CC(C)(C)OC(=O)N1C[C@H](CO)C[C@@H]1C(=O)O.CC(C)(C)OC(=O)N1C[C@H](O)C[C@@H]1C(=O)O.COS(=O)(=O)OC.CO[C@@H]1C[C@H](C(=O)Nc2cc(C(CCC3CC3)(N[S@@](=O)C(C)(C)C)c3ccccn3)ccc2F)N(C(=O)OC(C)(C)C)C1.Cl.[H-].[Na+]. The molecule has 6 rings (SSSR count). The zero-order valence-corrected chi connectivity index (χ0v) is 56.1. The normalized spacial score (nSPS) is 21.5. The second-order valence-corrected chi connectivity index (χ2v) is 27.8. The minimum Gasteiger partial charge on any atom is -1.00 e. The Labute approximate surface area is 531 Å². The summed E-state index contributed by atoms with van der Waals surface area (Å²) in [6.45, 7) is 21.5. The number of methoxy groups -OCH3 is 1. The van der Waals surface area contributed by atoms with Crippen molar-refractivity contribution in [2.24, 2.45) is 11.8 Å². The molecule has 0 spiro atoms. The number of amides is 4. The van der Waals surface area contributed by atoms with Crippen LogP contribution in [0.5, 0.6) is 0 Å². The molecule has 4 amide bonds. The van der Waals surface area contributed by atoms with E-state index in [4.69, 9.17) is 34.3 Å². The number of carboxylic acids is 2. The van der Waals surface area contributed by atoms with Crippen LogP contribution in [0.2, 0.25) is 0 Å². The van der Waals surface area contributed by atoms with E-state index in [1.54, 1.807) is 80.6 Å². The van der Waals surface area contributed by atoms with Gasteiger partial charge in [0.25, 0.3) is 0 Å². The molecule has 2 aromatic rings. The number of hydrogen-bond donors (Lipinski definition) is 6. The molecule has 4 heterocycles. The summed E-state index contributed by atoms with van der Waals surface area (Å²) >= 11 is 0. The van der Waals surface area contributed by atoms with Gasteiger partial charge in [-0.15, -0.1) is 12.4 Å². The molecule has 1 saturated carbocycles. The summed E-state index contributed by atoms with van der Waals surface area (Å²) in [6.07, 6.45) is 2.86. The van der Waals surface area contributed by atoms with E-state index in [-0.39, 0.29) is 107 Å². The molecule has 3 aliphatic heterocycles. The van der Waals surface area contributed by atoms with Crippen LogP contribution in [0.4, 0.5) is 24.5 Å². The number of halogens is 2. The topological polar surface area (TPSA) is 337 Å². The molecule has 6 N–H and O–H groups in total. The van der Waals surface area contributed by atoms with E-state index in [0.717, 1.165) is 38.4 Å². The maximum Gasteiger partial charge on any atom is 1.00 e. The van der Waals surface area contributed by atoms with Gasteiger partial charge in [-0.1, -0.05) is 25.0 Å². The summed E-state index contributed by atoms with van der Waals surface area (Å²) in [5, 5.41) is 39.0. The van der Waals surface area contributed by atoms with E-state index in [1.807, 2.05) is 39.0 Å². The monoisotopic (exact) mass is 1280 g/mol. The number of carboxylic acid groups (broad SMARTS) is 2. The first kappa shape index (κ1) is 78.7. The predicted octanol–water partition coefficient (Wildman–Crippen LogP) is 3.86. The first-order chi connectivity index (χ1) is 38.2. The Balaban J connectivity index is 0.00000138. The van der Waals surface area contributed by atoms with Crippen molar-refractivity contribution in [2.75, 3.05) is 52.9 Å². The van der Waals surface area contributed by atoms with Crippen molar-refractivity contribution >= 4 is 75.6 Å². The van der Waals surface area contributed by atoms with Crippen molar-refractivity contribution < 1.29 is 125 Å². The fraction of sp³-hybridized carbons (Fsp3) is 0.691. The predicted molar refractivity (Wildman–Crippen MR) is 311 cm³/mol. The molecule has 1 aromatic heterocycles. The van der Waals surface area contributed by atoms with Crippen LogP contribution in [0.15, 0.2) is 42.6 Å². The third kappa shape index (κ3) is 25.4. The van der Waals surface area contributed by atoms with Gasteiger partial charge in [-0.2, -0.15) is 8.42 Å². The first-order valence-corrected chi connectivity index (χ1v) is 29.5. The van der Waals surface area contributed by atoms with Gasteiger partial charge in [-0.25, -0.2) is 37.3 Å². The Morgan fingerprint density at radius 2 is 1.22 bits per heavy atom. The Morgan fingerprint density at radius 1 is 0.729 bits per heavy atom. The van der Waals surface area contributed by atoms with Gasteiger partial charge in [0.2, 0.25) is 5.91 Å². The van der Waals surface area contributed by atoms with Crippen LogP contribution in [-0.2, 0) is 68.6 Å². The molecule has 1 aromatic carbocycles. The fourth-order valence-corrected chi connectivity index (χ4v) is 9.71. The van der Waals surface area contributed by atoms with E-state index in [9.17, 15) is 46.5 Å². The summed E-state index contributed by atoms with van der Waals surface area (Å²) in [5.74, 6) is -2.98. The number of β-amino-alcohol motifs (C(OH)–C–C–N with tert-alkyl or cyclic N) is 1. The number of aliphatic carboxylic acids is 2. The Bertz CT molecular complexity index is 2670. The maximum atomic E-state index is 15.4. The third-order valence-electron chi connectivity index (χ3n) is 13.0. The number of pyridine rings is 1. The van der Waals surface area contributed by atoms with Crippen molar-refractivity contribution in [1.82, 2.24) is 24.4 Å². The van der Waals surface area contributed by atoms with Gasteiger partial charge in [-0.3, -0.25) is 32.8 Å². The van der Waals surface area contributed by atoms with E-state index in [1.165, 1.54) is 23.0 Å². The molecule has 4 fully saturated rings. The van der Waals surface area contributed by atoms with Gasteiger partial charge in [0.15, 0.2) is 0 Å². The van der Waals surface area contributed by atoms with Crippen LogP contribution in [0.1, 0.15) is 141 Å². The number of likely N-dealkylation sites (tertiary alicyclic amines) is 3. The largest absolute Gasteiger partial charge is 1.00 e. The van der Waals surface area contributed by atoms with E-state index in [0.29, 0.717) is 23.6 Å². The smallest absolute Gasteiger partial charge is 1.00 e. The number of aromatic nitrogens is 1. The van der Waals surface area contributed by atoms with Crippen molar-refractivity contribution in [1.29, 1.82) is 0 Å². The minimum atomic E-state index is -3.66. The van der Waals surface area contributed by atoms with Crippen molar-refractivity contribution in [3.63, 3.8) is 0 Å². The zero-order chi connectivity index (χ0) is 63.2. The summed E-state index contributed by atoms with van der Waals surface area (Å²) in [6, 6.07) is 7.31. The molecule has 0 radical (unpaired) electrons. The second kappa shape index (κ2) is 33.3. The number of carbonyl (C=O) groups excluding carboxylic acids is 4. The zero-order valence-electron chi connectivity index (χ0n) is 52.7. The Kier molecular flexibility index (Phi) is 30.8. The number of benzene rings is 1. The molecule has 1 aliphatic carbocycles.